The fraction of sp³-hybridized carbons (Fsp3) is 0.435. The zero-order valence-corrected chi connectivity index (χ0v) is 17.8. The van der Waals surface area contributed by atoms with E-state index in [0.717, 1.165) is 37.3 Å². The Kier molecular flexibility index (Phi) is 6.18. The van der Waals surface area contributed by atoms with E-state index in [1.165, 1.54) is 0 Å². The van der Waals surface area contributed by atoms with E-state index in [0.29, 0.717) is 30.2 Å². The molecule has 2 aromatic rings. The van der Waals surface area contributed by atoms with E-state index in [2.05, 4.69) is 4.90 Å². The number of halogens is 1. The lowest BCUT2D eigenvalue weighted by Gasteiger charge is -2.38. The van der Waals surface area contributed by atoms with Crippen molar-refractivity contribution in [3.63, 3.8) is 0 Å². The van der Waals surface area contributed by atoms with Crippen LogP contribution in [-0.4, -0.2) is 55.5 Å². The number of nitrogens with zero attached hydrogens (tertiary/aromatic N) is 2. The third-order valence-electron chi connectivity index (χ3n) is 6.07. The first-order chi connectivity index (χ1) is 14.5. The van der Waals surface area contributed by atoms with Crippen LogP contribution in [0.1, 0.15) is 24.8 Å². The van der Waals surface area contributed by atoms with Crippen molar-refractivity contribution in [1.82, 2.24) is 4.90 Å². The molecule has 0 aromatic heterocycles. The highest BCUT2D eigenvalue weighted by atomic mass is 35.5. The maximum atomic E-state index is 12.3. The number of methoxy groups -OCH3 is 1. The van der Waals surface area contributed by atoms with Gasteiger partial charge >= 0.3 is 6.09 Å². The lowest BCUT2D eigenvalue weighted by molar-refractivity contribution is -0.0275. The number of rotatable bonds is 6. The minimum absolute atomic E-state index is 0.138. The molecule has 0 bridgehead atoms. The Balaban J connectivity index is 1.28. The third-order valence-corrected chi connectivity index (χ3v) is 6.32. The molecule has 160 valence electrons. The van der Waals surface area contributed by atoms with Gasteiger partial charge in [-0.2, -0.15) is 0 Å². The van der Waals surface area contributed by atoms with Crippen LogP contribution in [0.5, 0.6) is 5.75 Å². The molecule has 2 aliphatic rings. The second kappa shape index (κ2) is 8.84. The van der Waals surface area contributed by atoms with Gasteiger partial charge in [0.05, 0.1) is 24.9 Å². The minimum atomic E-state index is -0.802. The first-order valence-electron chi connectivity index (χ1n) is 10.3. The molecular formula is C23H27ClN2O4. The second-order valence-electron chi connectivity index (χ2n) is 7.99. The highest BCUT2D eigenvalue weighted by molar-refractivity contribution is 6.30. The number of piperidine rings is 1. The Morgan fingerprint density at radius 2 is 1.93 bits per heavy atom. The fourth-order valence-electron chi connectivity index (χ4n) is 4.18. The van der Waals surface area contributed by atoms with Crippen LogP contribution >= 0.6 is 11.6 Å². The summed E-state index contributed by atoms with van der Waals surface area (Å²) in [6.45, 7) is 2.98. The number of hydrogen-bond donors (Lipinski definition) is 1. The summed E-state index contributed by atoms with van der Waals surface area (Å²) in [6.07, 6.45) is 1.67. The lowest BCUT2D eigenvalue weighted by atomic mass is 9.84. The number of anilines is 1. The van der Waals surface area contributed by atoms with Gasteiger partial charge in [0.15, 0.2) is 0 Å². The fourth-order valence-corrected chi connectivity index (χ4v) is 4.31. The van der Waals surface area contributed by atoms with Gasteiger partial charge in [0.2, 0.25) is 0 Å². The topological polar surface area (TPSA) is 62.2 Å². The Morgan fingerprint density at radius 3 is 2.63 bits per heavy atom. The molecule has 7 heteroatoms. The summed E-state index contributed by atoms with van der Waals surface area (Å²) in [5.41, 5.74) is 0.905. The smallest absolute Gasteiger partial charge is 0.414 e. The van der Waals surface area contributed by atoms with Gasteiger partial charge < -0.3 is 19.5 Å². The average Bonchev–Trinajstić information content (AvgIpc) is 3.14. The molecule has 1 unspecified atom stereocenters. The molecule has 2 aliphatic heterocycles. The maximum absolute atomic E-state index is 12.3. The molecule has 2 fully saturated rings. The Labute approximate surface area is 181 Å². The Bertz CT molecular complexity index is 881. The number of amides is 1. The molecule has 2 heterocycles. The van der Waals surface area contributed by atoms with Crippen molar-refractivity contribution >= 4 is 23.4 Å². The highest BCUT2D eigenvalue weighted by Crippen LogP contribution is 2.34. The Hall–Kier alpha value is -2.28. The summed E-state index contributed by atoms with van der Waals surface area (Å²) in [5.74, 6) is 0.713. The van der Waals surface area contributed by atoms with Crippen LogP contribution < -0.4 is 9.64 Å². The molecule has 0 radical (unpaired) electrons. The number of likely N-dealkylation sites (tertiary alicyclic amines) is 1. The first kappa shape index (κ1) is 21.0. The van der Waals surface area contributed by atoms with E-state index in [4.69, 9.17) is 21.1 Å². The van der Waals surface area contributed by atoms with Crippen molar-refractivity contribution in [2.75, 3.05) is 38.2 Å². The van der Waals surface area contributed by atoms with E-state index in [1.807, 2.05) is 48.5 Å². The van der Waals surface area contributed by atoms with Gasteiger partial charge in [-0.05, 0) is 49.1 Å². The molecule has 1 amide bonds. The maximum Gasteiger partial charge on any atom is 0.414 e. The van der Waals surface area contributed by atoms with E-state index < -0.39 is 5.60 Å². The molecular weight excluding hydrogens is 404 g/mol. The van der Waals surface area contributed by atoms with E-state index in [1.54, 1.807) is 12.0 Å². The molecule has 6 nitrogen and oxygen atoms in total. The van der Waals surface area contributed by atoms with Crippen LogP contribution in [0.3, 0.4) is 0 Å². The van der Waals surface area contributed by atoms with Crippen molar-refractivity contribution in [1.29, 1.82) is 0 Å². The van der Waals surface area contributed by atoms with E-state index in [-0.39, 0.29) is 12.2 Å². The lowest BCUT2D eigenvalue weighted by Crippen LogP contribution is -2.43. The monoisotopic (exact) mass is 430 g/mol. The number of carbonyl (C=O) groups is 1. The molecule has 0 aliphatic carbocycles. The van der Waals surface area contributed by atoms with Crippen LogP contribution in [0.15, 0.2) is 48.5 Å². The van der Waals surface area contributed by atoms with E-state index in [9.17, 15) is 9.90 Å². The minimum Gasteiger partial charge on any atom is -0.497 e. The number of ether oxygens (including phenoxy) is 2. The molecule has 2 aromatic carbocycles. The molecule has 1 atom stereocenters. The summed E-state index contributed by atoms with van der Waals surface area (Å²) in [7, 11) is 1.61. The van der Waals surface area contributed by atoms with Gasteiger partial charge in [-0.1, -0.05) is 29.8 Å². The van der Waals surface area contributed by atoms with Gasteiger partial charge in [0, 0.05) is 30.7 Å². The van der Waals surface area contributed by atoms with Crippen LogP contribution in [0, 0.1) is 0 Å². The zero-order valence-electron chi connectivity index (χ0n) is 17.1. The number of carbonyl (C=O) groups excluding carboxylic acids is 1. The number of benzene rings is 2. The molecule has 4 rings (SSSR count). The van der Waals surface area contributed by atoms with Crippen molar-refractivity contribution in [3.05, 3.63) is 59.1 Å². The van der Waals surface area contributed by atoms with Crippen molar-refractivity contribution in [3.8, 4) is 5.75 Å². The van der Waals surface area contributed by atoms with Crippen molar-refractivity contribution < 1.29 is 19.4 Å². The SMILES string of the molecule is COc1cccc(N2CC(CCN3CCC(O)(c4ccc(Cl)cc4)CC3)OC2=O)c1. The zero-order chi connectivity index (χ0) is 21.1. The average molecular weight is 431 g/mol. The molecule has 1 N–H and O–H groups in total. The van der Waals surface area contributed by atoms with Crippen molar-refractivity contribution in [2.45, 2.75) is 31.0 Å². The van der Waals surface area contributed by atoms with E-state index >= 15 is 0 Å². The van der Waals surface area contributed by atoms with Crippen molar-refractivity contribution in [2.24, 2.45) is 0 Å². The molecule has 2 saturated heterocycles. The number of hydrogen-bond acceptors (Lipinski definition) is 5. The van der Waals surface area contributed by atoms with Gasteiger partial charge in [0.25, 0.3) is 0 Å². The third kappa shape index (κ3) is 4.56. The number of aliphatic hydroxyl groups is 1. The standard InChI is InChI=1S/C23H27ClN2O4/c1-29-20-4-2-3-19(15-20)26-16-21(30-22(26)27)9-12-25-13-10-23(28,11-14-25)17-5-7-18(24)8-6-17/h2-8,15,21,28H,9-14,16H2,1H3. The predicted octanol–water partition coefficient (Wildman–Crippen LogP) is 4.05. The highest BCUT2D eigenvalue weighted by Gasteiger charge is 2.36. The van der Waals surface area contributed by atoms with Crippen LogP contribution in [0.2, 0.25) is 5.02 Å². The summed E-state index contributed by atoms with van der Waals surface area (Å²) in [6, 6.07) is 14.9. The summed E-state index contributed by atoms with van der Waals surface area (Å²) >= 11 is 5.96. The molecule has 0 saturated carbocycles. The van der Waals surface area contributed by atoms with Gasteiger partial charge in [-0.3, -0.25) is 4.90 Å². The van der Waals surface area contributed by atoms with Crippen LogP contribution in [0.25, 0.3) is 0 Å². The first-order valence-corrected chi connectivity index (χ1v) is 10.7. The van der Waals surface area contributed by atoms with Crippen LogP contribution in [0.4, 0.5) is 10.5 Å². The van der Waals surface area contributed by atoms with Gasteiger partial charge in [-0.15, -0.1) is 0 Å². The quantitative estimate of drug-likeness (QED) is 0.749. The molecule has 0 spiro atoms. The summed E-state index contributed by atoms with van der Waals surface area (Å²) in [4.78, 5) is 16.3. The second-order valence-corrected chi connectivity index (χ2v) is 8.42. The predicted molar refractivity (Wildman–Crippen MR) is 116 cm³/mol. The molecule has 30 heavy (non-hydrogen) atoms. The summed E-state index contributed by atoms with van der Waals surface area (Å²) in [5, 5.41) is 11.7. The largest absolute Gasteiger partial charge is 0.497 e. The normalized spacial score (nSPS) is 21.5. The van der Waals surface area contributed by atoms with Crippen LogP contribution in [-0.2, 0) is 10.3 Å². The number of cyclic esters (lactones) is 1. The van der Waals surface area contributed by atoms with Gasteiger partial charge in [0.1, 0.15) is 11.9 Å². The Morgan fingerprint density at radius 1 is 1.20 bits per heavy atom. The summed E-state index contributed by atoms with van der Waals surface area (Å²) < 4.78 is 10.8. The van der Waals surface area contributed by atoms with Gasteiger partial charge in [-0.25, -0.2) is 4.79 Å².